The van der Waals surface area contributed by atoms with Crippen LogP contribution in [0.15, 0.2) is 0 Å². The lowest BCUT2D eigenvalue weighted by atomic mass is 9.88. The van der Waals surface area contributed by atoms with Crippen molar-refractivity contribution in [3.8, 4) is 0 Å². The molecule has 3 nitrogen and oxygen atoms in total. The molecule has 1 rings (SSSR count). The Kier molecular flexibility index (Phi) is 2.27. The summed E-state index contributed by atoms with van der Waals surface area (Å²) in [5, 5.41) is 11.7. The maximum atomic E-state index is 10.5. The second-order valence-electron chi connectivity index (χ2n) is 2.91. The highest BCUT2D eigenvalue weighted by atomic mass is 16.4. The van der Waals surface area contributed by atoms with Crippen molar-refractivity contribution >= 4 is 5.97 Å². The van der Waals surface area contributed by atoms with Crippen LogP contribution in [0.4, 0.5) is 0 Å². The van der Waals surface area contributed by atoms with Crippen molar-refractivity contribution in [2.45, 2.75) is 13.3 Å². The van der Waals surface area contributed by atoms with Crippen molar-refractivity contribution in [3.63, 3.8) is 0 Å². The zero-order chi connectivity index (χ0) is 7.56. The van der Waals surface area contributed by atoms with Gasteiger partial charge in [-0.3, -0.25) is 4.79 Å². The highest BCUT2D eigenvalue weighted by Gasteiger charge is 2.26. The van der Waals surface area contributed by atoms with Gasteiger partial charge in [0.15, 0.2) is 0 Å². The fourth-order valence-electron chi connectivity index (χ4n) is 1.32. The van der Waals surface area contributed by atoms with Crippen LogP contribution in [0.1, 0.15) is 13.3 Å². The Morgan fingerprint density at radius 1 is 1.70 bits per heavy atom. The van der Waals surface area contributed by atoms with E-state index in [4.69, 9.17) is 5.11 Å². The summed E-state index contributed by atoms with van der Waals surface area (Å²) in [5.41, 5.74) is 0. The Morgan fingerprint density at radius 3 is 2.80 bits per heavy atom. The number of aliphatic carboxylic acids is 1. The first-order valence-corrected chi connectivity index (χ1v) is 3.65. The van der Waals surface area contributed by atoms with E-state index < -0.39 is 5.97 Å². The number of carbonyl (C=O) groups is 1. The van der Waals surface area contributed by atoms with E-state index in [9.17, 15) is 4.79 Å². The molecule has 0 saturated carbocycles. The lowest BCUT2D eigenvalue weighted by molar-refractivity contribution is -0.143. The smallest absolute Gasteiger partial charge is 0.308 e. The van der Waals surface area contributed by atoms with Crippen LogP contribution < -0.4 is 5.32 Å². The van der Waals surface area contributed by atoms with Crippen LogP contribution in [-0.2, 0) is 4.79 Å². The molecule has 1 fully saturated rings. The molecular weight excluding hydrogens is 130 g/mol. The average Bonchev–Trinajstić information content (AvgIpc) is 1.88. The van der Waals surface area contributed by atoms with E-state index in [0.717, 1.165) is 13.0 Å². The number of hydrogen-bond donors (Lipinski definition) is 2. The molecule has 0 amide bonds. The summed E-state index contributed by atoms with van der Waals surface area (Å²) in [5.74, 6) is -0.507. The minimum atomic E-state index is -0.667. The highest BCUT2D eigenvalue weighted by molar-refractivity contribution is 5.70. The molecule has 0 aromatic carbocycles. The van der Waals surface area contributed by atoms with E-state index in [1.165, 1.54) is 0 Å². The number of rotatable bonds is 1. The van der Waals surface area contributed by atoms with E-state index in [0.29, 0.717) is 12.5 Å². The van der Waals surface area contributed by atoms with Gasteiger partial charge in [-0.25, -0.2) is 0 Å². The average molecular weight is 143 g/mol. The van der Waals surface area contributed by atoms with Gasteiger partial charge in [0.2, 0.25) is 0 Å². The van der Waals surface area contributed by atoms with Crippen molar-refractivity contribution in [2.75, 3.05) is 13.1 Å². The Labute approximate surface area is 60.4 Å². The predicted molar refractivity (Wildman–Crippen MR) is 37.8 cm³/mol. The topological polar surface area (TPSA) is 49.3 Å². The molecule has 1 heterocycles. The van der Waals surface area contributed by atoms with Crippen LogP contribution in [0, 0.1) is 11.8 Å². The molecule has 1 saturated heterocycles. The number of piperidine rings is 1. The zero-order valence-electron chi connectivity index (χ0n) is 6.13. The monoisotopic (exact) mass is 143 g/mol. The summed E-state index contributed by atoms with van der Waals surface area (Å²) in [6.07, 6.45) is 0.983. The van der Waals surface area contributed by atoms with Crippen LogP contribution in [0.25, 0.3) is 0 Å². The molecule has 2 atom stereocenters. The summed E-state index contributed by atoms with van der Waals surface area (Å²) < 4.78 is 0. The van der Waals surface area contributed by atoms with Gasteiger partial charge >= 0.3 is 5.97 Å². The van der Waals surface area contributed by atoms with Crippen molar-refractivity contribution < 1.29 is 9.90 Å². The van der Waals surface area contributed by atoms with Gasteiger partial charge in [-0.05, 0) is 18.9 Å². The predicted octanol–water partition coefficient (Wildman–Crippen LogP) is 0.317. The maximum Gasteiger partial charge on any atom is 0.308 e. The number of nitrogens with one attached hydrogen (secondary N) is 1. The van der Waals surface area contributed by atoms with Crippen LogP contribution >= 0.6 is 0 Å². The highest BCUT2D eigenvalue weighted by Crippen LogP contribution is 2.17. The molecule has 0 unspecified atom stereocenters. The number of carboxylic acid groups (broad SMARTS) is 1. The Hall–Kier alpha value is -0.570. The Balaban J connectivity index is 2.47. The van der Waals surface area contributed by atoms with Gasteiger partial charge in [-0.2, -0.15) is 0 Å². The van der Waals surface area contributed by atoms with E-state index >= 15 is 0 Å². The first kappa shape index (κ1) is 7.54. The van der Waals surface area contributed by atoms with Crippen molar-refractivity contribution in [1.29, 1.82) is 0 Å². The van der Waals surface area contributed by atoms with Gasteiger partial charge in [0, 0.05) is 6.54 Å². The number of hydrogen-bond acceptors (Lipinski definition) is 2. The van der Waals surface area contributed by atoms with E-state index in [-0.39, 0.29) is 5.92 Å². The van der Waals surface area contributed by atoms with Crippen LogP contribution in [0.3, 0.4) is 0 Å². The fraction of sp³-hybridized carbons (Fsp3) is 0.857. The minimum absolute atomic E-state index is 0.172. The van der Waals surface area contributed by atoms with Crippen LogP contribution in [-0.4, -0.2) is 24.2 Å². The van der Waals surface area contributed by atoms with Gasteiger partial charge in [-0.15, -0.1) is 0 Å². The molecule has 0 radical (unpaired) electrons. The lowest BCUT2D eigenvalue weighted by Crippen LogP contribution is -2.39. The molecule has 1 aliphatic heterocycles. The molecule has 0 bridgehead atoms. The van der Waals surface area contributed by atoms with Gasteiger partial charge < -0.3 is 10.4 Å². The standard InChI is InChI=1S/C7H13NO2/c1-5-2-3-8-4-6(5)7(9)10/h5-6,8H,2-4H2,1H3,(H,9,10)/t5-,6+/m1/s1. The summed E-state index contributed by atoms with van der Waals surface area (Å²) in [4.78, 5) is 10.5. The summed E-state index contributed by atoms with van der Waals surface area (Å²) >= 11 is 0. The summed E-state index contributed by atoms with van der Waals surface area (Å²) in [6, 6.07) is 0. The van der Waals surface area contributed by atoms with E-state index in [2.05, 4.69) is 5.32 Å². The SMILES string of the molecule is C[C@@H]1CCNC[C@@H]1C(=O)O. The largest absolute Gasteiger partial charge is 0.481 e. The third kappa shape index (κ3) is 1.48. The third-order valence-corrected chi connectivity index (χ3v) is 2.14. The molecule has 1 aliphatic rings. The van der Waals surface area contributed by atoms with E-state index in [1.54, 1.807) is 0 Å². The normalized spacial score (nSPS) is 33.7. The second kappa shape index (κ2) is 3.01. The first-order valence-electron chi connectivity index (χ1n) is 3.65. The van der Waals surface area contributed by atoms with Crippen molar-refractivity contribution in [3.05, 3.63) is 0 Å². The van der Waals surface area contributed by atoms with Crippen molar-refractivity contribution in [2.24, 2.45) is 11.8 Å². The fourth-order valence-corrected chi connectivity index (χ4v) is 1.32. The van der Waals surface area contributed by atoms with Crippen molar-refractivity contribution in [1.82, 2.24) is 5.32 Å². The molecule has 3 heteroatoms. The lowest BCUT2D eigenvalue weighted by Gasteiger charge is -2.25. The third-order valence-electron chi connectivity index (χ3n) is 2.14. The van der Waals surface area contributed by atoms with Crippen LogP contribution in [0.2, 0.25) is 0 Å². The Morgan fingerprint density at radius 2 is 2.40 bits per heavy atom. The first-order chi connectivity index (χ1) is 4.72. The molecule has 0 aromatic heterocycles. The molecule has 0 aliphatic carbocycles. The molecule has 58 valence electrons. The van der Waals surface area contributed by atoms with Gasteiger partial charge in [-0.1, -0.05) is 6.92 Å². The van der Waals surface area contributed by atoms with Crippen LogP contribution in [0.5, 0.6) is 0 Å². The molecule has 2 N–H and O–H groups in total. The second-order valence-corrected chi connectivity index (χ2v) is 2.91. The Bertz CT molecular complexity index is 136. The number of carboxylic acids is 1. The van der Waals surface area contributed by atoms with E-state index in [1.807, 2.05) is 6.92 Å². The van der Waals surface area contributed by atoms with Gasteiger partial charge in [0.1, 0.15) is 0 Å². The zero-order valence-corrected chi connectivity index (χ0v) is 6.13. The van der Waals surface area contributed by atoms with Gasteiger partial charge in [0.25, 0.3) is 0 Å². The molecular formula is C7H13NO2. The molecule has 10 heavy (non-hydrogen) atoms. The molecule has 0 aromatic rings. The summed E-state index contributed by atoms with van der Waals surface area (Å²) in [7, 11) is 0. The minimum Gasteiger partial charge on any atom is -0.481 e. The quantitative estimate of drug-likeness (QED) is 0.555. The van der Waals surface area contributed by atoms with Gasteiger partial charge in [0.05, 0.1) is 5.92 Å². The summed E-state index contributed by atoms with van der Waals surface area (Å²) in [6.45, 7) is 3.60. The maximum absolute atomic E-state index is 10.5. The molecule has 0 spiro atoms.